The highest BCUT2D eigenvalue weighted by molar-refractivity contribution is 7.92. The van der Waals surface area contributed by atoms with E-state index < -0.39 is 10.0 Å². The first-order valence-electron chi connectivity index (χ1n) is 4.43. The van der Waals surface area contributed by atoms with Crippen LogP contribution in [0, 0.1) is 0 Å². The number of nitrogens with zero attached hydrogens (tertiary/aromatic N) is 2. The van der Waals surface area contributed by atoms with Crippen LogP contribution >= 0.6 is 34.8 Å². The first-order valence-corrected chi connectivity index (χ1v) is 7.04. The molecule has 1 heterocycles. The highest BCUT2D eigenvalue weighted by atomic mass is 35.5. The molecule has 18 heavy (non-hydrogen) atoms. The molecular weight excluding hydrogens is 323 g/mol. The molecule has 6 nitrogen and oxygen atoms in total. The fourth-order valence-corrected chi connectivity index (χ4v) is 3.11. The van der Waals surface area contributed by atoms with Crippen molar-refractivity contribution in [1.82, 2.24) is 15.2 Å². The zero-order chi connectivity index (χ0) is 13.3. The highest BCUT2D eigenvalue weighted by Gasteiger charge is 2.21. The Hall–Kier alpha value is -1.02. The van der Waals surface area contributed by atoms with Crippen molar-refractivity contribution in [3.8, 4) is 0 Å². The van der Waals surface area contributed by atoms with Crippen molar-refractivity contribution in [2.45, 2.75) is 4.90 Å². The van der Waals surface area contributed by atoms with Gasteiger partial charge in [-0.05, 0) is 12.1 Å². The molecule has 0 radical (unpaired) electrons. The second kappa shape index (κ2) is 4.93. The van der Waals surface area contributed by atoms with Gasteiger partial charge in [0.25, 0.3) is 10.0 Å². The summed E-state index contributed by atoms with van der Waals surface area (Å²) in [6.45, 7) is 0. The third-order valence-electron chi connectivity index (χ3n) is 1.91. The molecule has 0 fully saturated rings. The first kappa shape index (κ1) is 13.4. The lowest BCUT2D eigenvalue weighted by Gasteiger charge is -2.08. The van der Waals surface area contributed by atoms with Crippen LogP contribution in [0.3, 0.4) is 0 Å². The van der Waals surface area contributed by atoms with Crippen LogP contribution in [-0.4, -0.2) is 23.6 Å². The molecule has 0 aliphatic heterocycles. The van der Waals surface area contributed by atoms with Gasteiger partial charge in [-0.15, -0.1) is 0 Å². The second-order valence-electron chi connectivity index (χ2n) is 3.14. The molecular formula is C8H5Cl3N4O2S. The van der Waals surface area contributed by atoms with Gasteiger partial charge in [-0.2, -0.15) is 10.1 Å². The first-order chi connectivity index (χ1) is 8.40. The van der Waals surface area contributed by atoms with E-state index in [0.717, 1.165) is 12.4 Å². The number of anilines is 1. The number of sulfonamides is 1. The van der Waals surface area contributed by atoms with Gasteiger partial charge in [0.05, 0.1) is 15.1 Å². The summed E-state index contributed by atoms with van der Waals surface area (Å²) in [4.78, 5) is 3.44. The van der Waals surface area contributed by atoms with Gasteiger partial charge in [-0.25, -0.2) is 18.2 Å². The molecule has 0 aliphatic carbocycles. The molecule has 0 unspecified atom stereocenters. The fraction of sp³-hybridized carbons (Fsp3) is 0. The third kappa shape index (κ3) is 2.69. The smallest absolute Gasteiger partial charge is 0.248 e. The van der Waals surface area contributed by atoms with E-state index >= 15 is 0 Å². The van der Waals surface area contributed by atoms with Gasteiger partial charge in [0.2, 0.25) is 5.95 Å². The Kier molecular flexibility index (Phi) is 3.67. The Morgan fingerprint density at radius 2 is 1.78 bits per heavy atom. The summed E-state index contributed by atoms with van der Waals surface area (Å²) < 4.78 is 26.2. The molecule has 2 N–H and O–H groups in total. The van der Waals surface area contributed by atoms with E-state index in [-0.39, 0.29) is 25.9 Å². The van der Waals surface area contributed by atoms with E-state index in [2.05, 4.69) is 19.9 Å². The molecule has 0 spiro atoms. The minimum absolute atomic E-state index is 0.0304. The summed E-state index contributed by atoms with van der Waals surface area (Å²) in [6, 6.07) is 2.41. The van der Waals surface area contributed by atoms with Crippen molar-refractivity contribution in [3.05, 3.63) is 33.5 Å². The standard InChI is InChI=1S/C8H5Cl3N4O2S/c9-4-1-6(11)7(2-5(4)10)18(16,17)15-8-12-3-13-14-8/h1-3H,(H2,12,13,14,15). The molecule has 0 bridgehead atoms. The number of benzene rings is 1. The molecule has 0 saturated carbocycles. The Labute approximate surface area is 117 Å². The van der Waals surface area contributed by atoms with Crippen LogP contribution in [0.5, 0.6) is 0 Å². The van der Waals surface area contributed by atoms with Gasteiger partial charge in [-0.3, -0.25) is 0 Å². The maximum atomic E-state index is 12.0. The molecule has 10 heteroatoms. The highest BCUT2D eigenvalue weighted by Crippen LogP contribution is 2.32. The predicted molar refractivity (Wildman–Crippen MR) is 68.7 cm³/mol. The van der Waals surface area contributed by atoms with E-state index in [4.69, 9.17) is 34.8 Å². The van der Waals surface area contributed by atoms with Crippen LogP contribution in [0.1, 0.15) is 0 Å². The van der Waals surface area contributed by atoms with Crippen LogP contribution in [0.2, 0.25) is 15.1 Å². The maximum absolute atomic E-state index is 12.0. The van der Waals surface area contributed by atoms with E-state index in [0.29, 0.717) is 0 Å². The molecule has 0 atom stereocenters. The molecule has 0 amide bonds. The van der Waals surface area contributed by atoms with Gasteiger partial charge in [-0.1, -0.05) is 34.8 Å². The molecule has 0 aliphatic rings. The van der Waals surface area contributed by atoms with Crippen molar-refractivity contribution < 1.29 is 8.42 Å². The molecule has 1 aromatic heterocycles. The second-order valence-corrected chi connectivity index (χ2v) is 6.01. The Morgan fingerprint density at radius 3 is 2.39 bits per heavy atom. The zero-order valence-corrected chi connectivity index (χ0v) is 11.6. The average molecular weight is 328 g/mol. The average Bonchev–Trinajstić information content (AvgIpc) is 2.75. The van der Waals surface area contributed by atoms with E-state index in [1.165, 1.54) is 6.07 Å². The number of rotatable bonds is 3. The lowest BCUT2D eigenvalue weighted by atomic mass is 10.4. The maximum Gasteiger partial charge on any atom is 0.265 e. The largest absolute Gasteiger partial charge is 0.265 e. The molecule has 1 aromatic carbocycles. The van der Waals surface area contributed by atoms with E-state index in [1.54, 1.807) is 0 Å². The van der Waals surface area contributed by atoms with E-state index in [9.17, 15) is 8.42 Å². The number of aromatic amines is 1. The van der Waals surface area contributed by atoms with Gasteiger partial charge in [0.15, 0.2) is 0 Å². The van der Waals surface area contributed by atoms with Crippen LogP contribution in [0.15, 0.2) is 23.4 Å². The van der Waals surface area contributed by atoms with Gasteiger partial charge >= 0.3 is 0 Å². The number of aromatic nitrogens is 3. The Balaban J connectivity index is 2.44. The van der Waals surface area contributed by atoms with Crippen LogP contribution in [0.4, 0.5) is 5.95 Å². The number of H-pyrrole nitrogens is 1. The molecule has 2 aromatic rings. The number of halogens is 3. The Morgan fingerprint density at radius 1 is 1.11 bits per heavy atom. The lowest BCUT2D eigenvalue weighted by molar-refractivity contribution is 0.601. The normalized spacial score (nSPS) is 11.5. The van der Waals surface area contributed by atoms with Gasteiger partial charge < -0.3 is 0 Å². The third-order valence-corrected chi connectivity index (χ3v) is 4.44. The predicted octanol–water partition coefficient (Wildman–Crippen LogP) is 2.57. The van der Waals surface area contributed by atoms with Crippen molar-refractivity contribution in [1.29, 1.82) is 0 Å². The van der Waals surface area contributed by atoms with Gasteiger partial charge in [0.1, 0.15) is 11.2 Å². The van der Waals surface area contributed by atoms with Crippen LogP contribution in [-0.2, 0) is 10.0 Å². The van der Waals surface area contributed by atoms with Crippen LogP contribution in [0.25, 0.3) is 0 Å². The topological polar surface area (TPSA) is 87.7 Å². The monoisotopic (exact) mass is 326 g/mol. The zero-order valence-electron chi connectivity index (χ0n) is 8.49. The van der Waals surface area contributed by atoms with Crippen molar-refractivity contribution >= 4 is 50.8 Å². The summed E-state index contributed by atoms with van der Waals surface area (Å²) in [7, 11) is -3.91. The Bertz CT molecular complexity index is 672. The lowest BCUT2D eigenvalue weighted by Crippen LogP contribution is -2.14. The van der Waals surface area contributed by atoms with Crippen molar-refractivity contribution in [3.63, 3.8) is 0 Å². The van der Waals surface area contributed by atoms with Crippen molar-refractivity contribution in [2.75, 3.05) is 4.72 Å². The summed E-state index contributed by atoms with van der Waals surface area (Å²) in [5.74, 6) is -0.0304. The van der Waals surface area contributed by atoms with Crippen LogP contribution < -0.4 is 4.72 Å². The number of hydrogen-bond donors (Lipinski definition) is 2. The fourth-order valence-electron chi connectivity index (χ4n) is 1.15. The molecule has 2 rings (SSSR count). The SMILES string of the molecule is O=S(=O)(Nc1ncn[nH]1)c1cc(Cl)c(Cl)cc1Cl. The minimum atomic E-state index is -3.91. The molecule has 0 saturated heterocycles. The minimum Gasteiger partial charge on any atom is -0.248 e. The van der Waals surface area contributed by atoms with Gasteiger partial charge in [0, 0.05) is 0 Å². The number of hydrogen-bond acceptors (Lipinski definition) is 4. The summed E-state index contributed by atoms with van der Waals surface area (Å²) in [5, 5.41) is 6.07. The summed E-state index contributed by atoms with van der Waals surface area (Å²) in [6.07, 6.45) is 1.16. The summed E-state index contributed by atoms with van der Waals surface area (Å²) >= 11 is 17.3. The number of nitrogens with one attached hydrogen (secondary N) is 2. The van der Waals surface area contributed by atoms with Crippen molar-refractivity contribution in [2.24, 2.45) is 0 Å². The van der Waals surface area contributed by atoms with E-state index in [1.807, 2.05) is 0 Å². The molecule has 96 valence electrons. The summed E-state index contributed by atoms with van der Waals surface area (Å²) in [5.41, 5.74) is 0. The quantitative estimate of drug-likeness (QED) is 0.848.